The molecule has 1 heterocycles. The Morgan fingerprint density at radius 3 is 2.71 bits per heavy atom. The first kappa shape index (κ1) is 14.2. The molecule has 1 aromatic carbocycles. The summed E-state index contributed by atoms with van der Waals surface area (Å²) in [5.74, 6) is 0.896. The van der Waals surface area contributed by atoms with Crippen molar-refractivity contribution in [2.45, 2.75) is 51.2 Å². The van der Waals surface area contributed by atoms with Crippen LogP contribution in [-0.2, 0) is 0 Å². The van der Waals surface area contributed by atoms with Gasteiger partial charge in [-0.05, 0) is 37.5 Å². The zero-order chi connectivity index (χ0) is 14.7. The minimum absolute atomic E-state index is 0.0750. The average Bonchev–Trinajstić information content (AvgIpc) is 2.43. The highest BCUT2D eigenvalue weighted by molar-refractivity contribution is 5.75. The minimum atomic E-state index is 0.0750. The number of likely N-dealkylation sites (tertiary alicyclic amines) is 1. The molecule has 0 atom stereocenters. The van der Waals surface area contributed by atoms with Crippen LogP contribution in [-0.4, -0.2) is 36.2 Å². The first-order valence-electron chi connectivity index (χ1n) is 7.99. The SMILES string of the molecule is Cc1cccc(OC2CN(C(=O)NC3CCCCC3)C2)c1. The van der Waals surface area contributed by atoms with E-state index < -0.39 is 0 Å². The van der Waals surface area contributed by atoms with E-state index in [0.717, 1.165) is 18.6 Å². The Kier molecular flexibility index (Phi) is 4.32. The molecule has 3 rings (SSSR count). The van der Waals surface area contributed by atoms with Crippen molar-refractivity contribution in [2.24, 2.45) is 0 Å². The first-order chi connectivity index (χ1) is 10.2. The lowest BCUT2D eigenvalue weighted by molar-refractivity contribution is 0.0429. The largest absolute Gasteiger partial charge is 0.487 e. The van der Waals surface area contributed by atoms with E-state index in [9.17, 15) is 4.79 Å². The Morgan fingerprint density at radius 2 is 2.00 bits per heavy atom. The van der Waals surface area contributed by atoms with E-state index in [0.29, 0.717) is 19.1 Å². The fraction of sp³-hybridized carbons (Fsp3) is 0.588. The van der Waals surface area contributed by atoms with Crippen molar-refractivity contribution in [2.75, 3.05) is 13.1 Å². The molecule has 0 bridgehead atoms. The van der Waals surface area contributed by atoms with Gasteiger partial charge in [-0.1, -0.05) is 31.4 Å². The van der Waals surface area contributed by atoms with Crippen LogP contribution in [0, 0.1) is 6.92 Å². The molecule has 1 aliphatic carbocycles. The maximum atomic E-state index is 12.1. The smallest absolute Gasteiger partial charge is 0.317 e. The number of carbonyl (C=O) groups is 1. The molecular formula is C17H24N2O2. The second kappa shape index (κ2) is 6.37. The second-order valence-corrected chi connectivity index (χ2v) is 6.25. The van der Waals surface area contributed by atoms with Crippen LogP contribution < -0.4 is 10.1 Å². The van der Waals surface area contributed by atoms with Crippen molar-refractivity contribution in [3.05, 3.63) is 29.8 Å². The molecule has 0 unspecified atom stereocenters. The third-order valence-corrected chi connectivity index (χ3v) is 4.36. The highest BCUT2D eigenvalue weighted by Crippen LogP contribution is 2.21. The third kappa shape index (κ3) is 3.69. The molecule has 1 saturated heterocycles. The summed E-state index contributed by atoms with van der Waals surface area (Å²) < 4.78 is 5.88. The van der Waals surface area contributed by atoms with E-state index in [-0.39, 0.29) is 12.1 Å². The molecule has 21 heavy (non-hydrogen) atoms. The van der Waals surface area contributed by atoms with Crippen molar-refractivity contribution in [3.63, 3.8) is 0 Å². The van der Waals surface area contributed by atoms with Crippen LogP contribution in [0.4, 0.5) is 4.79 Å². The summed E-state index contributed by atoms with van der Waals surface area (Å²) in [5, 5.41) is 3.15. The molecule has 2 amide bonds. The summed E-state index contributed by atoms with van der Waals surface area (Å²) in [5.41, 5.74) is 1.19. The molecule has 2 aliphatic rings. The molecule has 1 N–H and O–H groups in total. The lowest BCUT2D eigenvalue weighted by atomic mass is 9.95. The predicted octanol–water partition coefficient (Wildman–Crippen LogP) is 3.10. The van der Waals surface area contributed by atoms with Crippen LogP contribution >= 0.6 is 0 Å². The van der Waals surface area contributed by atoms with E-state index in [1.807, 2.05) is 23.1 Å². The number of ether oxygens (including phenoxy) is 1. The Bertz CT molecular complexity index is 491. The van der Waals surface area contributed by atoms with Gasteiger partial charge >= 0.3 is 6.03 Å². The van der Waals surface area contributed by atoms with Crippen LogP contribution in [0.25, 0.3) is 0 Å². The van der Waals surface area contributed by atoms with Gasteiger partial charge in [-0.3, -0.25) is 0 Å². The van der Waals surface area contributed by atoms with Crippen molar-refractivity contribution in [1.82, 2.24) is 10.2 Å². The van der Waals surface area contributed by atoms with E-state index in [1.54, 1.807) is 0 Å². The van der Waals surface area contributed by atoms with Gasteiger partial charge in [0.05, 0.1) is 13.1 Å². The average molecular weight is 288 g/mol. The van der Waals surface area contributed by atoms with Crippen molar-refractivity contribution < 1.29 is 9.53 Å². The van der Waals surface area contributed by atoms with Crippen LogP contribution in [0.15, 0.2) is 24.3 Å². The number of nitrogens with zero attached hydrogens (tertiary/aromatic N) is 1. The summed E-state index contributed by atoms with van der Waals surface area (Å²) in [6.45, 7) is 3.43. The normalized spacial score (nSPS) is 20.0. The van der Waals surface area contributed by atoms with Crippen molar-refractivity contribution in [3.8, 4) is 5.75 Å². The summed E-state index contributed by atoms with van der Waals surface area (Å²) >= 11 is 0. The van der Waals surface area contributed by atoms with E-state index >= 15 is 0 Å². The molecule has 4 nitrogen and oxygen atoms in total. The summed E-state index contributed by atoms with van der Waals surface area (Å²) in [6.07, 6.45) is 6.17. The highest BCUT2D eigenvalue weighted by Gasteiger charge is 2.33. The summed E-state index contributed by atoms with van der Waals surface area (Å²) in [7, 11) is 0. The number of nitrogens with one attached hydrogen (secondary N) is 1. The monoisotopic (exact) mass is 288 g/mol. The fourth-order valence-corrected chi connectivity index (χ4v) is 3.07. The Balaban J connectivity index is 1.41. The number of urea groups is 1. The highest BCUT2D eigenvalue weighted by atomic mass is 16.5. The number of hydrogen-bond acceptors (Lipinski definition) is 2. The molecule has 1 aromatic rings. The van der Waals surface area contributed by atoms with Gasteiger partial charge in [0, 0.05) is 6.04 Å². The Labute approximate surface area is 126 Å². The molecule has 1 saturated carbocycles. The van der Waals surface area contributed by atoms with Gasteiger partial charge in [-0.15, -0.1) is 0 Å². The first-order valence-corrected chi connectivity index (χ1v) is 7.99. The lowest BCUT2D eigenvalue weighted by Crippen LogP contribution is -2.60. The molecule has 0 aromatic heterocycles. The van der Waals surface area contributed by atoms with Gasteiger partial charge in [-0.2, -0.15) is 0 Å². The van der Waals surface area contributed by atoms with Crippen LogP contribution in [0.5, 0.6) is 5.75 Å². The molecule has 114 valence electrons. The number of hydrogen-bond donors (Lipinski definition) is 1. The van der Waals surface area contributed by atoms with Crippen LogP contribution in [0.3, 0.4) is 0 Å². The van der Waals surface area contributed by atoms with E-state index in [2.05, 4.69) is 18.3 Å². The van der Waals surface area contributed by atoms with Crippen molar-refractivity contribution >= 4 is 6.03 Å². The maximum absolute atomic E-state index is 12.1. The van der Waals surface area contributed by atoms with Gasteiger partial charge in [0.2, 0.25) is 0 Å². The number of carbonyl (C=O) groups excluding carboxylic acids is 1. The standard InChI is InChI=1S/C17H24N2O2/c1-13-6-5-9-15(10-13)21-16-11-19(12-16)17(20)18-14-7-3-2-4-8-14/h5-6,9-10,14,16H,2-4,7-8,11-12H2,1H3,(H,18,20). The lowest BCUT2D eigenvalue weighted by Gasteiger charge is -2.40. The number of amides is 2. The molecular weight excluding hydrogens is 264 g/mol. The molecule has 0 spiro atoms. The summed E-state index contributed by atoms with van der Waals surface area (Å²) in [6, 6.07) is 8.51. The predicted molar refractivity (Wildman–Crippen MR) is 82.6 cm³/mol. The van der Waals surface area contributed by atoms with Gasteiger partial charge in [0.15, 0.2) is 0 Å². The number of rotatable bonds is 3. The van der Waals surface area contributed by atoms with Crippen LogP contribution in [0.2, 0.25) is 0 Å². The van der Waals surface area contributed by atoms with Crippen molar-refractivity contribution in [1.29, 1.82) is 0 Å². The molecule has 2 fully saturated rings. The summed E-state index contributed by atoms with van der Waals surface area (Å²) in [4.78, 5) is 13.9. The Hall–Kier alpha value is -1.71. The van der Waals surface area contributed by atoms with E-state index in [1.165, 1.54) is 24.8 Å². The fourth-order valence-electron chi connectivity index (χ4n) is 3.07. The van der Waals surface area contributed by atoms with Gasteiger partial charge in [-0.25, -0.2) is 4.79 Å². The van der Waals surface area contributed by atoms with Gasteiger partial charge in [0.1, 0.15) is 11.9 Å². The van der Waals surface area contributed by atoms with E-state index in [4.69, 9.17) is 4.74 Å². The zero-order valence-corrected chi connectivity index (χ0v) is 12.7. The third-order valence-electron chi connectivity index (χ3n) is 4.36. The molecule has 4 heteroatoms. The van der Waals surface area contributed by atoms with Gasteiger partial charge < -0.3 is 15.0 Å². The number of benzene rings is 1. The maximum Gasteiger partial charge on any atom is 0.317 e. The molecule has 0 radical (unpaired) electrons. The minimum Gasteiger partial charge on any atom is -0.487 e. The van der Waals surface area contributed by atoms with Crippen LogP contribution in [0.1, 0.15) is 37.7 Å². The second-order valence-electron chi connectivity index (χ2n) is 6.25. The zero-order valence-electron chi connectivity index (χ0n) is 12.7. The number of aryl methyl sites for hydroxylation is 1. The molecule has 1 aliphatic heterocycles. The quantitative estimate of drug-likeness (QED) is 0.928. The van der Waals surface area contributed by atoms with Gasteiger partial charge in [0.25, 0.3) is 0 Å². The topological polar surface area (TPSA) is 41.6 Å². The Morgan fingerprint density at radius 1 is 1.24 bits per heavy atom.